The van der Waals surface area contributed by atoms with Gasteiger partial charge in [-0.25, -0.2) is 4.39 Å². The highest BCUT2D eigenvalue weighted by molar-refractivity contribution is 6.30. The summed E-state index contributed by atoms with van der Waals surface area (Å²) in [5, 5.41) is 0.125. The second-order valence-corrected chi connectivity index (χ2v) is 7.04. The normalized spacial score (nSPS) is 32.3. The van der Waals surface area contributed by atoms with E-state index in [1.54, 1.807) is 12.1 Å². The van der Waals surface area contributed by atoms with E-state index in [9.17, 15) is 4.39 Å². The zero-order valence-corrected chi connectivity index (χ0v) is 14.3. The average molecular weight is 339 g/mol. The highest BCUT2D eigenvalue weighted by Crippen LogP contribution is 2.37. The molecular weight excluding hydrogens is 315 g/mol. The molecule has 0 N–H and O–H groups in total. The van der Waals surface area contributed by atoms with Gasteiger partial charge in [0.05, 0.1) is 18.2 Å². The summed E-state index contributed by atoms with van der Waals surface area (Å²) in [4.78, 5) is 0. The molecule has 1 heterocycles. The van der Waals surface area contributed by atoms with Crippen LogP contribution in [-0.4, -0.2) is 13.2 Å². The van der Waals surface area contributed by atoms with Crippen LogP contribution in [0.3, 0.4) is 0 Å². The molecule has 2 fully saturated rings. The van der Waals surface area contributed by atoms with Gasteiger partial charge >= 0.3 is 0 Å². The molecule has 0 bridgehead atoms. The van der Waals surface area contributed by atoms with Gasteiger partial charge in [0.1, 0.15) is 5.82 Å². The van der Waals surface area contributed by atoms with Crippen molar-refractivity contribution in [3.8, 4) is 0 Å². The molecule has 23 heavy (non-hydrogen) atoms. The van der Waals surface area contributed by atoms with E-state index in [1.165, 1.54) is 31.7 Å². The van der Waals surface area contributed by atoms with E-state index in [0.717, 1.165) is 5.92 Å². The van der Waals surface area contributed by atoms with Crippen molar-refractivity contribution in [2.75, 3.05) is 13.2 Å². The largest absolute Gasteiger partial charge is 0.348 e. The fraction of sp³-hybridized carbons (Fsp3) is 0.579. The number of ether oxygens (including phenoxy) is 2. The number of hydrogen-bond donors (Lipinski definition) is 0. The monoisotopic (exact) mass is 338 g/mol. The Morgan fingerprint density at radius 3 is 2.39 bits per heavy atom. The molecule has 0 unspecified atom stereocenters. The zero-order valence-electron chi connectivity index (χ0n) is 13.5. The minimum Gasteiger partial charge on any atom is -0.348 e. The molecule has 0 radical (unpaired) electrons. The Morgan fingerprint density at radius 1 is 1.09 bits per heavy atom. The number of rotatable bonds is 3. The van der Waals surface area contributed by atoms with Gasteiger partial charge < -0.3 is 9.47 Å². The minimum atomic E-state index is -0.475. The fourth-order valence-corrected chi connectivity index (χ4v) is 3.84. The molecule has 126 valence electrons. The van der Waals surface area contributed by atoms with Crippen molar-refractivity contribution in [3.05, 3.63) is 46.8 Å². The van der Waals surface area contributed by atoms with E-state index in [1.807, 2.05) is 0 Å². The molecule has 1 aromatic rings. The van der Waals surface area contributed by atoms with Crippen molar-refractivity contribution >= 4 is 11.6 Å². The predicted molar refractivity (Wildman–Crippen MR) is 89.8 cm³/mol. The molecule has 2 nitrogen and oxygen atoms in total. The van der Waals surface area contributed by atoms with Gasteiger partial charge in [-0.1, -0.05) is 29.8 Å². The summed E-state index contributed by atoms with van der Waals surface area (Å²) in [5.41, 5.74) is 0.696. The lowest BCUT2D eigenvalue weighted by Gasteiger charge is -2.37. The van der Waals surface area contributed by atoms with Crippen LogP contribution in [-0.2, 0) is 9.47 Å². The Balaban J connectivity index is 1.51. The SMILES string of the molecule is C/C=C/C1CCC(C2COC(c3ccc(Cl)c(F)c3)OC2)CC1. The van der Waals surface area contributed by atoms with Crippen molar-refractivity contribution in [3.63, 3.8) is 0 Å². The van der Waals surface area contributed by atoms with Crippen molar-refractivity contribution in [1.29, 1.82) is 0 Å². The predicted octanol–water partition coefficient (Wildman–Crippen LogP) is 5.52. The summed E-state index contributed by atoms with van der Waals surface area (Å²) in [6.45, 7) is 3.47. The Labute approximate surface area is 142 Å². The molecule has 1 aliphatic carbocycles. The van der Waals surface area contributed by atoms with Crippen LogP contribution in [0.15, 0.2) is 30.4 Å². The van der Waals surface area contributed by atoms with Gasteiger partial charge in [-0.2, -0.15) is 0 Å². The van der Waals surface area contributed by atoms with Crippen LogP contribution in [0.2, 0.25) is 5.02 Å². The number of hydrogen-bond acceptors (Lipinski definition) is 2. The van der Waals surface area contributed by atoms with E-state index >= 15 is 0 Å². The Kier molecular flexibility index (Phi) is 5.73. The Bertz CT molecular complexity index is 544. The molecule has 4 heteroatoms. The Hall–Kier alpha value is -0.900. The number of benzene rings is 1. The minimum absolute atomic E-state index is 0.125. The average Bonchev–Trinajstić information content (AvgIpc) is 2.59. The lowest BCUT2D eigenvalue weighted by atomic mass is 9.76. The van der Waals surface area contributed by atoms with E-state index < -0.39 is 12.1 Å². The lowest BCUT2D eigenvalue weighted by molar-refractivity contribution is -0.214. The van der Waals surface area contributed by atoms with Crippen molar-refractivity contribution in [2.45, 2.75) is 38.9 Å². The number of allylic oxidation sites excluding steroid dienone is 2. The van der Waals surface area contributed by atoms with E-state index in [-0.39, 0.29) is 5.02 Å². The van der Waals surface area contributed by atoms with Gasteiger partial charge in [-0.15, -0.1) is 0 Å². The van der Waals surface area contributed by atoms with Gasteiger partial charge in [0, 0.05) is 11.5 Å². The van der Waals surface area contributed by atoms with Gasteiger partial charge in [-0.05, 0) is 56.6 Å². The first-order valence-electron chi connectivity index (χ1n) is 8.48. The lowest BCUT2D eigenvalue weighted by Crippen LogP contribution is -2.34. The van der Waals surface area contributed by atoms with E-state index in [2.05, 4.69) is 19.1 Å². The van der Waals surface area contributed by atoms with Crippen molar-refractivity contribution in [2.24, 2.45) is 17.8 Å². The maximum atomic E-state index is 13.6. The third-order valence-electron chi connectivity index (χ3n) is 5.09. The smallest absolute Gasteiger partial charge is 0.183 e. The molecule has 0 aromatic heterocycles. The highest BCUT2D eigenvalue weighted by atomic mass is 35.5. The molecule has 1 saturated heterocycles. The summed E-state index contributed by atoms with van der Waals surface area (Å²) in [6, 6.07) is 4.71. The molecule has 0 amide bonds. The fourth-order valence-electron chi connectivity index (χ4n) is 3.72. The first-order valence-corrected chi connectivity index (χ1v) is 8.86. The van der Waals surface area contributed by atoms with Crippen molar-refractivity contribution < 1.29 is 13.9 Å². The quantitative estimate of drug-likeness (QED) is 0.675. The molecule has 2 aliphatic rings. The van der Waals surface area contributed by atoms with Gasteiger partial charge in [0.25, 0.3) is 0 Å². The van der Waals surface area contributed by atoms with Gasteiger partial charge in [0.15, 0.2) is 6.29 Å². The molecule has 3 rings (SSSR count). The van der Waals surface area contributed by atoms with Crippen LogP contribution in [0.5, 0.6) is 0 Å². The van der Waals surface area contributed by atoms with E-state index in [0.29, 0.717) is 30.6 Å². The second kappa shape index (κ2) is 7.78. The molecule has 1 aliphatic heterocycles. The summed E-state index contributed by atoms with van der Waals surface area (Å²) >= 11 is 5.72. The maximum Gasteiger partial charge on any atom is 0.183 e. The standard InChI is InChI=1S/C19H24ClFO2/c1-2-3-13-4-6-14(7-5-13)16-11-22-19(23-12-16)15-8-9-17(20)18(21)10-15/h2-3,8-10,13-14,16,19H,4-7,11-12H2,1H3/b3-2+. The van der Waals surface area contributed by atoms with Gasteiger partial charge in [-0.3, -0.25) is 0 Å². The van der Waals surface area contributed by atoms with Crippen LogP contribution in [0.1, 0.15) is 44.5 Å². The van der Waals surface area contributed by atoms with Crippen LogP contribution in [0, 0.1) is 23.6 Å². The van der Waals surface area contributed by atoms with Crippen LogP contribution >= 0.6 is 11.6 Å². The molecule has 0 atom stereocenters. The summed E-state index contributed by atoms with van der Waals surface area (Å²) in [7, 11) is 0. The number of halogens is 2. The molecular formula is C19H24ClFO2. The first-order chi connectivity index (χ1) is 11.2. The summed E-state index contributed by atoms with van der Waals surface area (Å²) < 4.78 is 25.3. The van der Waals surface area contributed by atoms with Crippen LogP contribution < -0.4 is 0 Å². The topological polar surface area (TPSA) is 18.5 Å². The second-order valence-electron chi connectivity index (χ2n) is 6.63. The highest BCUT2D eigenvalue weighted by Gasteiger charge is 2.32. The first kappa shape index (κ1) is 16.9. The van der Waals surface area contributed by atoms with Crippen molar-refractivity contribution in [1.82, 2.24) is 0 Å². The third kappa shape index (κ3) is 4.14. The Morgan fingerprint density at radius 2 is 1.78 bits per heavy atom. The molecule has 1 aromatic carbocycles. The third-order valence-corrected chi connectivity index (χ3v) is 5.39. The molecule has 0 spiro atoms. The zero-order chi connectivity index (χ0) is 16.2. The van der Waals surface area contributed by atoms with Crippen LogP contribution in [0.4, 0.5) is 4.39 Å². The van der Waals surface area contributed by atoms with E-state index in [4.69, 9.17) is 21.1 Å². The summed E-state index contributed by atoms with van der Waals surface area (Å²) in [5.74, 6) is 1.45. The molecule has 1 saturated carbocycles. The summed E-state index contributed by atoms with van der Waals surface area (Å²) in [6.07, 6.45) is 9.02. The van der Waals surface area contributed by atoms with Gasteiger partial charge in [0.2, 0.25) is 0 Å². The maximum absolute atomic E-state index is 13.6. The van der Waals surface area contributed by atoms with Crippen LogP contribution in [0.25, 0.3) is 0 Å².